The third-order valence-electron chi connectivity index (χ3n) is 2.33. The zero-order valence-electron chi connectivity index (χ0n) is 7.78. The summed E-state index contributed by atoms with van der Waals surface area (Å²) >= 11 is 0. The number of aromatic nitrogens is 1. The number of aryl methyl sites for hydroxylation is 1. The van der Waals surface area contributed by atoms with Crippen LogP contribution in [0.3, 0.4) is 0 Å². The van der Waals surface area contributed by atoms with E-state index in [-0.39, 0.29) is 5.91 Å². The van der Waals surface area contributed by atoms with Gasteiger partial charge < -0.3 is 9.42 Å². The summed E-state index contributed by atoms with van der Waals surface area (Å²) in [6.07, 6.45) is 1.49. The lowest BCUT2D eigenvalue weighted by Gasteiger charge is -2.36. The fourth-order valence-electron chi connectivity index (χ4n) is 1.54. The molecule has 0 aromatic carbocycles. The molecule has 0 spiro atoms. The van der Waals surface area contributed by atoms with Crippen LogP contribution in [-0.2, 0) is 0 Å². The molecule has 0 radical (unpaired) electrons. The van der Waals surface area contributed by atoms with E-state index >= 15 is 0 Å². The van der Waals surface area contributed by atoms with Gasteiger partial charge in [0.15, 0.2) is 0 Å². The molecule has 1 aromatic heterocycles. The molecule has 70 valence electrons. The maximum atomic E-state index is 11.7. The number of hydrogen-bond donors (Lipinski definition) is 0. The molecule has 1 aromatic rings. The van der Waals surface area contributed by atoms with Crippen LogP contribution in [0.15, 0.2) is 10.7 Å². The molecule has 0 bridgehead atoms. The molecule has 1 saturated heterocycles. The summed E-state index contributed by atoms with van der Waals surface area (Å²) in [5.74, 6) is 1.27. The Morgan fingerprint density at radius 1 is 1.69 bits per heavy atom. The van der Waals surface area contributed by atoms with Crippen molar-refractivity contribution in [2.75, 3.05) is 13.1 Å². The summed E-state index contributed by atoms with van der Waals surface area (Å²) in [5, 5.41) is 3.58. The van der Waals surface area contributed by atoms with Crippen LogP contribution in [-0.4, -0.2) is 29.1 Å². The molecule has 2 rings (SSSR count). The first kappa shape index (κ1) is 8.29. The number of likely N-dealkylation sites (tertiary alicyclic amines) is 1. The van der Waals surface area contributed by atoms with Crippen LogP contribution < -0.4 is 0 Å². The van der Waals surface area contributed by atoms with Crippen molar-refractivity contribution in [2.24, 2.45) is 5.92 Å². The van der Waals surface area contributed by atoms with Crippen molar-refractivity contribution in [3.63, 3.8) is 0 Å². The first-order valence-corrected chi connectivity index (χ1v) is 4.39. The van der Waals surface area contributed by atoms with Gasteiger partial charge in [-0.15, -0.1) is 0 Å². The minimum atomic E-state index is 0.0388. The van der Waals surface area contributed by atoms with E-state index in [4.69, 9.17) is 4.52 Å². The second-order valence-electron chi connectivity index (χ2n) is 3.61. The molecular weight excluding hydrogens is 168 g/mol. The highest BCUT2D eigenvalue weighted by Gasteiger charge is 2.29. The highest BCUT2D eigenvalue weighted by molar-refractivity contribution is 5.95. The van der Waals surface area contributed by atoms with Gasteiger partial charge in [0.05, 0.1) is 6.20 Å². The Morgan fingerprint density at radius 2 is 2.38 bits per heavy atom. The van der Waals surface area contributed by atoms with E-state index in [0.29, 0.717) is 17.2 Å². The van der Waals surface area contributed by atoms with Gasteiger partial charge in [0, 0.05) is 13.1 Å². The first-order chi connectivity index (χ1) is 6.18. The Balaban J connectivity index is 2.10. The van der Waals surface area contributed by atoms with Crippen molar-refractivity contribution in [1.29, 1.82) is 0 Å². The molecule has 0 N–H and O–H groups in total. The zero-order chi connectivity index (χ0) is 9.42. The van der Waals surface area contributed by atoms with Gasteiger partial charge in [0.25, 0.3) is 5.91 Å². The molecule has 0 atom stereocenters. The molecule has 0 aliphatic carbocycles. The van der Waals surface area contributed by atoms with Crippen LogP contribution in [0.4, 0.5) is 0 Å². The topological polar surface area (TPSA) is 46.3 Å². The predicted molar refractivity (Wildman–Crippen MR) is 46.3 cm³/mol. The summed E-state index contributed by atoms with van der Waals surface area (Å²) in [7, 11) is 0. The average molecular weight is 180 g/mol. The third-order valence-corrected chi connectivity index (χ3v) is 2.33. The Bertz CT molecular complexity index is 326. The quantitative estimate of drug-likeness (QED) is 0.649. The van der Waals surface area contributed by atoms with Crippen LogP contribution in [0.5, 0.6) is 0 Å². The van der Waals surface area contributed by atoms with Crippen molar-refractivity contribution in [3.8, 4) is 0 Å². The second-order valence-corrected chi connectivity index (χ2v) is 3.61. The van der Waals surface area contributed by atoms with Gasteiger partial charge in [-0.1, -0.05) is 12.1 Å². The number of rotatable bonds is 1. The van der Waals surface area contributed by atoms with E-state index < -0.39 is 0 Å². The monoisotopic (exact) mass is 180 g/mol. The number of carbonyl (C=O) groups excluding carboxylic acids is 1. The van der Waals surface area contributed by atoms with Gasteiger partial charge in [-0.2, -0.15) is 0 Å². The summed E-state index contributed by atoms with van der Waals surface area (Å²) in [6.45, 7) is 5.58. The molecule has 1 aliphatic rings. The molecule has 4 nitrogen and oxygen atoms in total. The van der Waals surface area contributed by atoms with Crippen molar-refractivity contribution in [3.05, 3.63) is 17.5 Å². The molecule has 4 heteroatoms. The van der Waals surface area contributed by atoms with E-state index in [9.17, 15) is 4.79 Å². The Hall–Kier alpha value is -1.32. The number of amides is 1. The molecule has 1 aliphatic heterocycles. The van der Waals surface area contributed by atoms with Crippen molar-refractivity contribution in [1.82, 2.24) is 10.1 Å². The normalized spacial score (nSPS) is 17.2. The molecule has 1 fully saturated rings. The fourth-order valence-corrected chi connectivity index (χ4v) is 1.54. The van der Waals surface area contributed by atoms with E-state index in [2.05, 4.69) is 12.1 Å². The van der Waals surface area contributed by atoms with Gasteiger partial charge in [-0.3, -0.25) is 4.79 Å². The van der Waals surface area contributed by atoms with Crippen LogP contribution in [0.2, 0.25) is 0 Å². The van der Waals surface area contributed by atoms with Crippen LogP contribution in [0.1, 0.15) is 23.0 Å². The van der Waals surface area contributed by atoms with Gasteiger partial charge in [0.2, 0.25) is 0 Å². The largest absolute Gasteiger partial charge is 0.361 e. The van der Waals surface area contributed by atoms with E-state index in [0.717, 1.165) is 13.1 Å². The predicted octanol–water partition coefficient (Wildman–Crippen LogP) is 1.07. The molecule has 13 heavy (non-hydrogen) atoms. The first-order valence-electron chi connectivity index (χ1n) is 4.39. The Kier molecular flexibility index (Phi) is 1.83. The summed E-state index contributed by atoms with van der Waals surface area (Å²) in [5.41, 5.74) is 0.590. The number of carbonyl (C=O) groups is 1. The number of hydrogen-bond acceptors (Lipinski definition) is 3. The molecule has 0 saturated carbocycles. The maximum absolute atomic E-state index is 11.7. The summed E-state index contributed by atoms with van der Waals surface area (Å²) < 4.78 is 4.83. The lowest BCUT2D eigenvalue weighted by Crippen LogP contribution is -2.48. The molecule has 0 unspecified atom stereocenters. The van der Waals surface area contributed by atoms with Gasteiger partial charge >= 0.3 is 0 Å². The van der Waals surface area contributed by atoms with E-state index in [1.807, 2.05) is 4.90 Å². The Morgan fingerprint density at radius 3 is 2.85 bits per heavy atom. The minimum absolute atomic E-state index is 0.0388. The lowest BCUT2D eigenvalue weighted by molar-refractivity contribution is 0.0528. The number of nitrogens with zero attached hydrogens (tertiary/aromatic N) is 2. The van der Waals surface area contributed by atoms with Crippen LogP contribution >= 0.6 is 0 Å². The standard InChI is InChI=1S/C9H12N2O2/c1-6-4-11(5-6)9(12)8-3-10-13-7(8)2/h3,6H,4-5H2,1-2H3. The smallest absolute Gasteiger partial charge is 0.259 e. The molecular formula is C9H12N2O2. The molecule has 1 amide bonds. The summed E-state index contributed by atoms with van der Waals surface area (Å²) in [6, 6.07) is 0. The lowest BCUT2D eigenvalue weighted by atomic mass is 10.0. The van der Waals surface area contributed by atoms with Gasteiger partial charge in [0.1, 0.15) is 11.3 Å². The average Bonchev–Trinajstić information content (AvgIpc) is 2.44. The van der Waals surface area contributed by atoms with Crippen LogP contribution in [0, 0.1) is 12.8 Å². The highest BCUT2D eigenvalue weighted by Crippen LogP contribution is 2.19. The van der Waals surface area contributed by atoms with Crippen molar-refractivity contribution in [2.45, 2.75) is 13.8 Å². The van der Waals surface area contributed by atoms with Gasteiger partial charge in [-0.05, 0) is 12.8 Å². The summed E-state index contributed by atoms with van der Waals surface area (Å²) in [4.78, 5) is 13.5. The highest BCUT2D eigenvalue weighted by atomic mass is 16.5. The third kappa shape index (κ3) is 1.32. The second kappa shape index (κ2) is 2.87. The van der Waals surface area contributed by atoms with Crippen molar-refractivity contribution >= 4 is 5.91 Å². The maximum Gasteiger partial charge on any atom is 0.259 e. The van der Waals surface area contributed by atoms with E-state index in [1.54, 1.807) is 6.92 Å². The minimum Gasteiger partial charge on any atom is -0.361 e. The Labute approximate surface area is 76.5 Å². The van der Waals surface area contributed by atoms with Crippen molar-refractivity contribution < 1.29 is 9.32 Å². The van der Waals surface area contributed by atoms with E-state index in [1.165, 1.54) is 6.20 Å². The van der Waals surface area contributed by atoms with Gasteiger partial charge in [-0.25, -0.2) is 0 Å². The fraction of sp³-hybridized carbons (Fsp3) is 0.556. The molecule has 2 heterocycles. The SMILES string of the molecule is Cc1oncc1C(=O)N1CC(C)C1. The zero-order valence-corrected chi connectivity index (χ0v) is 7.78. The van der Waals surface area contributed by atoms with Crippen LogP contribution in [0.25, 0.3) is 0 Å².